The van der Waals surface area contributed by atoms with Crippen molar-refractivity contribution < 1.29 is 14.3 Å². The van der Waals surface area contributed by atoms with E-state index in [1.807, 2.05) is 6.07 Å². The zero-order valence-electron chi connectivity index (χ0n) is 13.5. The number of ether oxygens (including phenoxy) is 1. The summed E-state index contributed by atoms with van der Waals surface area (Å²) in [5.74, 6) is -0.312. The smallest absolute Gasteiger partial charge is 0.260 e. The number of anilines is 1. The zero-order valence-corrected chi connectivity index (χ0v) is 14.3. The fourth-order valence-corrected chi connectivity index (χ4v) is 2.15. The monoisotopic (exact) mass is 357 g/mol. The molecule has 7 heteroatoms. The summed E-state index contributed by atoms with van der Waals surface area (Å²) in [6.45, 7) is -0.365. The Balaban J connectivity index is 1.84. The molecule has 2 aromatic carbocycles. The summed E-state index contributed by atoms with van der Waals surface area (Å²) < 4.78 is 5.36. The van der Waals surface area contributed by atoms with Crippen LogP contribution >= 0.6 is 11.6 Å². The predicted octanol–water partition coefficient (Wildman–Crippen LogP) is 2.69. The van der Waals surface area contributed by atoms with Crippen molar-refractivity contribution in [1.29, 1.82) is 5.26 Å². The van der Waals surface area contributed by atoms with Crippen molar-refractivity contribution in [2.45, 2.75) is 0 Å². The van der Waals surface area contributed by atoms with Crippen molar-refractivity contribution in [1.82, 2.24) is 4.90 Å². The number of hydrogen-bond acceptors (Lipinski definition) is 4. The highest BCUT2D eigenvalue weighted by Crippen LogP contribution is 2.20. The lowest BCUT2D eigenvalue weighted by Crippen LogP contribution is -2.37. The van der Waals surface area contributed by atoms with Crippen LogP contribution in [0.25, 0.3) is 0 Å². The number of carbonyl (C=O) groups excluding carboxylic acids is 2. The van der Waals surface area contributed by atoms with Crippen LogP contribution in [0.5, 0.6) is 5.75 Å². The van der Waals surface area contributed by atoms with Gasteiger partial charge >= 0.3 is 0 Å². The van der Waals surface area contributed by atoms with Gasteiger partial charge in [-0.3, -0.25) is 9.59 Å². The van der Waals surface area contributed by atoms with Gasteiger partial charge in [0.2, 0.25) is 5.91 Å². The minimum absolute atomic E-state index is 0.133. The maximum atomic E-state index is 12.1. The van der Waals surface area contributed by atoms with Gasteiger partial charge in [0.1, 0.15) is 5.75 Å². The van der Waals surface area contributed by atoms with Crippen LogP contribution in [0.1, 0.15) is 5.56 Å². The summed E-state index contributed by atoms with van der Waals surface area (Å²) in [7, 11) is 1.50. The van der Waals surface area contributed by atoms with Crippen LogP contribution in [0.3, 0.4) is 0 Å². The van der Waals surface area contributed by atoms with E-state index in [9.17, 15) is 9.59 Å². The number of amides is 2. The lowest BCUT2D eigenvalue weighted by atomic mass is 10.2. The number of rotatable bonds is 6. The Morgan fingerprint density at radius 2 is 2.00 bits per heavy atom. The van der Waals surface area contributed by atoms with Gasteiger partial charge in [-0.25, -0.2) is 0 Å². The number of nitriles is 1. The molecule has 25 heavy (non-hydrogen) atoms. The van der Waals surface area contributed by atoms with E-state index in [1.165, 1.54) is 18.0 Å². The zero-order chi connectivity index (χ0) is 18.2. The minimum atomic E-state index is -0.365. The first-order valence-corrected chi connectivity index (χ1v) is 7.78. The van der Waals surface area contributed by atoms with Gasteiger partial charge < -0.3 is 15.0 Å². The van der Waals surface area contributed by atoms with Crippen molar-refractivity contribution in [3.63, 3.8) is 0 Å². The summed E-state index contributed by atoms with van der Waals surface area (Å²) in [6, 6.07) is 15.3. The topological polar surface area (TPSA) is 82.4 Å². The van der Waals surface area contributed by atoms with Crippen LogP contribution in [-0.2, 0) is 9.59 Å². The molecule has 2 amide bonds. The Hall–Kier alpha value is -3.04. The lowest BCUT2D eigenvalue weighted by molar-refractivity contribution is -0.135. The third kappa shape index (κ3) is 5.52. The molecule has 0 fully saturated rings. The van der Waals surface area contributed by atoms with Crippen molar-refractivity contribution in [3.05, 3.63) is 59.1 Å². The van der Waals surface area contributed by atoms with Gasteiger partial charge in [0, 0.05) is 7.05 Å². The summed E-state index contributed by atoms with van der Waals surface area (Å²) >= 11 is 5.97. The Labute approximate surface area is 150 Å². The van der Waals surface area contributed by atoms with E-state index in [-0.39, 0.29) is 25.0 Å². The van der Waals surface area contributed by atoms with Crippen molar-refractivity contribution in [2.75, 3.05) is 25.5 Å². The van der Waals surface area contributed by atoms with E-state index >= 15 is 0 Å². The molecule has 0 unspecified atom stereocenters. The number of likely N-dealkylation sites (N-methyl/N-ethyl adjacent to an activating group) is 1. The number of nitrogens with one attached hydrogen (secondary N) is 1. The van der Waals surface area contributed by atoms with E-state index in [0.717, 1.165) is 0 Å². The predicted molar refractivity (Wildman–Crippen MR) is 94.4 cm³/mol. The molecule has 1 N–H and O–H groups in total. The molecular weight excluding hydrogens is 342 g/mol. The van der Waals surface area contributed by atoms with Crippen LogP contribution < -0.4 is 10.1 Å². The normalized spacial score (nSPS) is 9.80. The molecule has 6 nitrogen and oxygen atoms in total. The van der Waals surface area contributed by atoms with E-state index < -0.39 is 0 Å². The van der Waals surface area contributed by atoms with Gasteiger partial charge in [-0.15, -0.1) is 0 Å². The summed E-state index contributed by atoms with van der Waals surface area (Å²) in [6.07, 6.45) is 0. The SMILES string of the molecule is CN(CC(=O)Nc1ccccc1Cl)C(=O)COc1cccc(C#N)c1. The third-order valence-electron chi connectivity index (χ3n) is 3.28. The quantitative estimate of drug-likeness (QED) is 0.861. The van der Waals surface area contributed by atoms with Gasteiger partial charge in [-0.05, 0) is 30.3 Å². The van der Waals surface area contributed by atoms with Crippen LogP contribution in [0, 0.1) is 11.3 Å². The lowest BCUT2D eigenvalue weighted by Gasteiger charge is -2.17. The van der Waals surface area contributed by atoms with E-state index in [1.54, 1.807) is 42.5 Å². The summed E-state index contributed by atoms with van der Waals surface area (Å²) in [5, 5.41) is 11.9. The highest BCUT2D eigenvalue weighted by atomic mass is 35.5. The summed E-state index contributed by atoms with van der Waals surface area (Å²) in [5.41, 5.74) is 0.928. The minimum Gasteiger partial charge on any atom is -0.484 e. The molecule has 0 spiro atoms. The maximum Gasteiger partial charge on any atom is 0.260 e. The van der Waals surface area contributed by atoms with E-state index in [2.05, 4.69) is 5.32 Å². The molecule has 0 aromatic heterocycles. The molecule has 128 valence electrons. The van der Waals surface area contributed by atoms with Crippen molar-refractivity contribution in [3.8, 4) is 11.8 Å². The molecule has 0 saturated heterocycles. The highest BCUT2D eigenvalue weighted by Gasteiger charge is 2.14. The Morgan fingerprint density at radius 1 is 1.24 bits per heavy atom. The third-order valence-corrected chi connectivity index (χ3v) is 3.61. The standard InChI is InChI=1S/C18H16ClN3O3/c1-22(11-17(23)21-16-8-3-2-7-15(16)19)18(24)12-25-14-6-4-5-13(9-14)10-20/h2-9H,11-12H2,1H3,(H,21,23). The van der Waals surface area contributed by atoms with Gasteiger partial charge in [0.25, 0.3) is 5.91 Å². The molecular formula is C18H16ClN3O3. The van der Waals surface area contributed by atoms with E-state index in [4.69, 9.17) is 21.6 Å². The largest absolute Gasteiger partial charge is 0.484 e. The molecule has 0 aliphatic rings. The maximum absolute atomic E-state index is 12.1. The van der Waals surface area contributed by atoms with Crippen molar-refractivity contribution in [2.24, 2.45) is 0 Å². The molecule has 0 heterocycles. The Morgan fingerprint density at radius 3 is 2.72 bits per heavy atom. The Kier molecular flexibility index (Phi) is 6.38. The van der Waals surface area contributed by atoms with Crippen LogP contribution in [0.4, 0.5) is 5.69 Å². The van der Waals surface area contributed by atoms with Crippen LogP contribution in [0.2, 0.25) is 5.02 Å². The van der Waals surface area contributed by atoms with Gasteiger partial charge in [0.05, 0.1) is 28.9 Å². The molecule has 0 saturated carbocycles. The number of para-hydroxylation sites is 1. The summed E-state index contributed by atoms with van der Waals surface area (Å²) in [4.78, 5) is 25.3. The van der Waals surface area contributed by atoms with Gasteiger partial charge in [-0.2, -0.15) is 5.26 Å². The number of hydrogen-bond donors (Lipinski definition) is 1. The molecule has 0 atom stereocenters. The average molecular weight is 358 g/mol. The number of nitrogens with zero attached hydrogens (tertiary/aromatic N) is 2. The first-order valence-electron chi connectivity index (χ1n) is 7.41. The number of benzene rings is 2. The molecule has 0 aliphatic heterocycles. The second-order valence-electron chi connectivity index (χ2n) is 5.21. The molecule has 2 aromatic rings. The highest BCUT2D eigenvalue weighted by molar-refractivity contribution is 6.33. The second-order valence-corrected chi connectivity index (χ2v) is 5.61. The van der Waals surface area contributed by atoms with Crippen molar-refractivity contribution >= 4 is 29.1 Å². The van der Waals surface area contributed by atoms with Gasteiger partial charge in [-0.1, -0.05) is 29.8 Å². The number of carbonyl (C=O) groups is 2. The number of halogens is 1. The fourth-order valence-electron chi connectivity index (χ4n) is 1.97. The Bertz CT molecular complexity index is 817. The first-order chi connectivity index (χ1) is 12.0. The average Bonchev–Trinajstić information content (AvgIpc) is 2.61. The van der Waals surface area contributed by atoms with Gasteiger partial charge in [0.15, 0.2) is 6.61 Å². The molecule has 0 radical (unpaired) electrons. The second kappa shape index (κ2) is 8.71. The first kappa shape index (κ1) is 18.3. The van der Waals surface area contributed by atoms with E-state index in [0.29, 0.717) is 22.0 Å². The molecule has 0 aliphatic carbocycles. The molecule has 0 bridgehead atoms. The molecule has 2 rings (SSSR count). The van der Waals surface area contributed by atoms with Crippen LogP contribution in [-0.4, -0.2) is 36.9 Å². The fraction of sp³-hybridized carbons (Fsp3) is 0.167. The van der Waals surface area contributed by atoms with Crippen LogP contribution in [0.15, 0.2) is 48.5 Å².